The molecule has 0 amide bonds. The van der Waals surface area contributed by atoms with Crippen molar-refractivity contribution in [3.05, 3.63) is 33.9 Å². The van der Waals surface area contributed by atoms with E-state index in [0.29, 0.717) is 5.69 Å². The van der Waals surface area contributed by atoms with E-state index >= 15 is 0 Å². The third kappa shape index (κ3) is 2.95. The standard InChI is InChI=1S/C11H11N3O4/c1-13(2)10-4-3-8(14(16)17)7-9(10)11(15)18-6-5-12/h3-4,7H,6H2,1-2H3. The van der Waals surface area contributed by atoms with Gasteiger partial charge in [-0.1, -0.05) is 0 Å². The van der Waals surface area contributed by atoms with Gasteiger partial charge in [0.1, 0.15) is 6.07 Å². The van der Waals surface area contributed by atoms with Crippen molar-refractivity contribution in [2.24, 2.45) is 0 Å². The molecule has 0 atom stereocenters. The highest BCUT2D eigenvalue weighted by atomic mass is 16.6. The molecular formula is C11H11N3O4. The van der Waals surface area contributed by atoms with Crippen LogP contribution in [0.25, 0.3) is 0 Å². The molecule has 0 heterocycles. The molecular weight excluding hydrogens is 238 g/mol. The highest BCUT2D eigenvalue weighted by molar-refractivity contribution is 5.96. The molecule has 0 fully saturated rings. The minimum atomic E-state index is -0.760. The van der Waals surface area contributed by atoms with Crippen LogP contribution in [0.1, 0.15) is 10.4 Å². The Labute approximate surface area is 103 Å². The average Bonchev–Trinajstić information content (AvgIpc) is 2.34. The number of carbonyl (C=O) groups is 1. The fourth-order valence-electron chi connectivity index (χ4n) is 1.37. The zero-order valence-corrected chi connectivity index (χ0v) is 9.91. The number of benzene rings is 1. The molecule has 0 unspecified atom stereocenters. The summed E-state index contributed by atoms with van der Waals surface area (Å²) in [6, 6.07) is 5.56. The van der Waals surface area contributed by atoms with Crippen molar-refractivity contribution in [2.45, 2.75) is 0 Å². The van der Waals surface area contributed by atoms with Crippen molar-refractivity contribution < 1.29 is 14.5 Å². The number of nitrogens with zero attached hydrogens (tertiary/aromatic N) is 3. The average molecular weight is 249 g/mol. The lowest BCUT2D eigenvalue weighted by atomic mass is 10.1. The van der Waals surface area contributed by atoms with Gasteiger partial charge in [-0.25, -0.2) is 4.79 Å². The predicted octanol–water partition coefficient (Wildman–Crippen LogP) is 1.34. The van der Waals surface area contributed by atoms with Crippen LogP contribution in [-0.4, -0.2) is 31.6 Å². The SMILES string of the molecule is CN(C)c1ccc([N+](=O)[O-])cc1C(=O)OCC#N. The molecule has 0 bridgehead atoms. The van der Waals surface area contributed by atoms with Gasteiger partial charge in [0, 0.05) is 26.2 Å². The van der Waals surface area contributed by atoms with Crippen molar-refractivity contribution in [1.82, 2.24) is 0 Å². The number of esters is 1. The summed E-state index contributed by atoms with van der Waals surface area (Å²) < 4.78 is 4.65. The van der Waals surface area contributed by atoms with E-state index in [1.807, 2.05) is 0 Å². The Hall–Kier alpha value is -2.62. The second-order valence-electron chi connectivity index (χ2n) is 3.59. The van der Waals surface area contributed by atoms with Crippen LogP contribution in [-0.2, 0) is 4.74 Å². The third-order valence-corrected chi connectivity index (χ3v) is 2.16. The lowest BCUT2D eigenvalue weighted by Gasteiger charge is -2.15. The molecule has 0 N–H and O–H groups in total. The molecule has 0 aliphatic rings. The number of ether oxygens (including phenoxy) is 1. The van der Waals surface area contributed by atoms with Gasteiger partial charge in [-0.15, -0.1) is 0 Å². The summed E-state index contributed by atoms with van der Waals surface area (Å²) in [5.41, 5.74) is 0.345. The van der Waals surface area contributed by atoms with E-state index in [-0.39, 0.29) is 11.3 Å². The van der Waals surface area contributed by atoms with Gasteiger partial charge in [0.2, 0.25) is 0 Å². The summed E-state index contributed by atoms with van der Waals surface area (Å²) in [7, 11) is 3.39. The summed E-state index contributed by atoms with van der Waals surface area (Å²) >= 11 is 0. The normalized spacial score (nSPS) is 9.39. The molecule has 0 saturated heterocycles. The van der Waals surface area contributed by atoms with Crippen LogP contribution in [0, 0.1) is 21.4 Å². The van der Waals surface area contributed by atoms with Crippen molar-refractivity contribution >= 4 is 17.3 Å². The molecule has 7 nitrogen and oxygen atoms in total. The maximum Gasteiger partial charge on any atom is 0.341 e. The van der Waals surface area contributed by atoms with Gasteiger partial charge in [-0.2, -0.15) is 5.26 Å². The zero-order chi connectivity index (χ0) is 13.7. The Morgan fingerprint density at radius 3 is 2.72 bits per heavy atom. The molecule has 1 aromatic carbocycles. The lowest BCUT2D eigenvalue weighted by molar-refractivity contribution is -0.384. The Bertz CT molecular complexity index is 520. The molecule has 0 aromatic heterocycles. The molecule has 18 heavy (non-hydrogen) atoms. The van der Waals surface area contributed by atoms with Gasteiger partial charge in [-0.3, -0.25) is 10.1 Å². The van der Waals surface area contributed by atoms with Crippen molar-refractivity contribution in [2.75, 3.05) is 25.6 Å². The van der Waals surface area contributed by atoms with Crippen LogP contribution in [0.2, 0.25) is 0 Å². The minimum absolute atomic E-state index is 0.0597. The number of anilines is 1. The molecule has 1 rings (SSSR count). The highest BCUT2D eigenvalue weighted by Gasteiger charge is 2.18. The van der Waals surface area contributed by atoms with E-state index in [9.17, 15) is 14.9 Å². The van der Waals surface area contributed by atoms with Gasteiger partial charge >= 0.3 is 5.97 Å². The zero-order valence-electron chi connectivity index (χ0n) is 9.91. The summed E-state index contributed by atoms with van der Waals surface area (Å²) in [6.45, 7) is -0.394. The number of nitro groups is 1. The summed E-state index contributed by atoms with van der Waals surface area (Å²) in [5, 5.41) is 19.0. The number of hydrogen-bond donors (Lipinski definition) is 0. The maximum atomic E-state index is 11.7. The first-order chi connectivity index (χ1) is 8.47. The maximum absolute atomic E-state index is 11.7. The third-order valence-electron chi connectivity index (χ3n) is 2.16. The van der Waals surface area contributed by atoms with Crippen molar-refractivity contribution in [3.8, 4) is 6.07 Å². The summed E-state index contributed by atoms with van der Waals surface area (Å²) in [5.74, 6) is -0.760. The molecule has 1 aromatic rings. The lowest BCUT2D eigenvalue weighted by Crippen LogP contribution is -2.16. The predicted molar refractivity (Wildman–Crippen MR) is 63.3 cm³/mol. The number of carbonyl (C=O) groups excluding carboxylic acids is 1. The molecule has 0 radical (unpaired) electrons. The molecule has 0 aliphatic carbocycles. The fourth-order valence-corrected chi connectivity index (χ4v) is 1.37. The summed E-state index contributed by atoms with van der Waals surface area (Å²) in [6.07, 6.45) is 0. The van der Waals surface area contributed by atoms with Crippen LogP contribution in [0.4, 0.5) is 11.4 Å². The van der Waals surface area contributed by atoms with Crippen molar-refractivity contribution in [1.29, 1.82) is 5.26 Å². The second kappa shape index (κ2) is 5.63. The van der Waals surface area contributed by atoms with E-state index in [4.69, 9.17) is 5.26 Å². The smallest absolute Gasteiger partial charge is 0.341 e. The van der Waals surface area contributed by atoms with Crippen LogP contribution in [0.15, 0.2) is 18.2 Å². The highest BCUT2D eigenvalue weighted by Crippen LogP contribution is 2.24. The summed E-state index contributed by atoms with van der Waals surface area (Å²) in [4.78, 5) is 23.4. The second-order valence-corrected chi connectivity index (χ2v) is 3.59. The van der Waals surface area contributed by atoms with E-state index in [1.54, 1.807) is 25.1 Å². The van der Waals surface area contributed by atoms with Gasteiger partial charge < -0.3 is 9.64 Å². The number of non-ortho nitro benzene ring substituents is 1. The minimum Gasteiger partial charge on any atom is -0.447 e. The van der Waals surface area contributed by atoms with Crippen LogP contribution in [0.5, 0.6) is 0 Å². The van der Waals surface area contributed by atoms with Crippen molar-refractivity contribution in [3.63, 3.8) is 0 Å². The largest absolute Gasteiger partial charge is 0.447 e. The first kappa shape index (κ1) is 13.4. The number of nitro benzene ring substituents is 1. The Morgan fingerprint density at radius 1 is 1.56 bits per heavy atom. The Kier molecular flexibility index (Phi) is 4.21. The van der Waals surface area contributed by atoms with Crippen LogP contribution >= 0.6 is 0 Å². The molecule has 7 heteroatoms. The van der Waals surface area contributed by atoms with Gasteiger partial charge in [0.05, 0.1) is 16.2 Å². The quantitative estimate of drug-likeness (QED) is 0.454. The topological polar surface area (TPSA) is 96.5 Å². The molecule has 0 aliphatic heterocycles. The Balaban J connectivity index is 3.19. The molecule has 94 valence electrons. The van der Waals surface area contributed by atoms with E-state index < -0.39 is 17.5 Å². The Morgan fingerprint density at radius 2 is 2.22 bits per heavy atom. The number of rotatable bonds is 4. The fraction of sp³-hybridized carbons (Fsp3) is 0.273. The van der Waals surface area contributed by atoms with Gasteiger partial charge in [0.25, 0.3) is 5.69 Å². The first-order valence-corrected chi connectivity index (χ1v) is 4.97. The first-order valence-electron chi connectivity index (χ1n) is 4.97. The van der Waals surface area contributed by atoms with E-state index in [2.05, 4.69) is 4.74 Å². The van der Waals surface area contributed by atoms with E-state index in [0.717, 1.165) is 6.07 Å². The number of hydrogen-bond acceptors (Lipinski definition) is 6. The molecule has 0 spiro atoms. The van der Waals surface area contributed by atoms with Gasteiger partial charge in [-0.05, 0) is 6.07 Å². The monoisotopic (exact) mass is 249 g/mol. The number of nitriles is 1. The van der Waals surface area contributed by atoms with E-state index in [1.165, 1.54) is 12.1 Å². The molecule has 0 saturated carbocycles. The van der Waals surface area contributed by atoms with Crippen LogP contribution in [0.3, 0.4) is 0 Å². The van der Waals surface area contributed by atoms with Crippen LogP contribution < -0.4 is 4.90 Å². The van der Waals surface area contributed by atoms with Gasteiger partial charge in [0.15, 0.2) is 6.61 Å².